The van der Waals surface area contributed by atoms with Gasteiger partial charge in [-0.25, -0.2) is 18.0 Å². The summed E-state index contributed by atoms with van der Waals surface area (Å²) in [6, 6.07) is 4.71. The number of aromatic hydroxyl groups is 1. The van der Waals surface area contributed by atoms with E-state index < -0.39 is 41.0 Å². The van der Waals surface area contributed by atoms with Gasteiger partial charge in [-0.2, -0.15) is 9.97 Å². The smallest absolute Gasteiger partial charge is 0.407 e. The zero-order valence-corrected chi connectivity index (χ0v) is 26.8. The van der Waals surface area contributed by atoms with E-state index in [1.807, 2.05) is 11.8 Å². The maximum Gasteiger partial charge on any atom is 0.407 e. The summed E-state index contributed by atoms with van der Waals surface area (Å²) in [5, 5.41) is 18.3. The highest BCUT2D eigenvalue weighted by Crippen LogP contribution is 2.41. The van der Waals surface area contributed by atoms with E-state index in [4.69, 9.17) is 14.5 Å². The third-order valence-corrected chi connectivity index (χ3v) is 10.7. The minimum absolute atomic E-state index is 0.0210. The molecule has 6 aliphatic heterocycles. The number of hydrogen-bond acceptors (Lipinski definition) is 9. The molecule has 0 saturated carbocycles. The summed E-state index contributed by atoms with van der Waals surface area (Å²) in [4.78, 5) is 26.5. The molecule has 13 heteroatoms. The molecule has 3 aromatic rings. The number of nitrogens with zero attached hydrogens (tertiary/aromatic N) is 4. The Labute approximate surface area is 275 Å². The number of aromatic nitrogens is 2. The summed E-state index contributed by atoms with van der Waals surface area (Å²) < 4.78 is 58.8. The number of phenols is 1. The van der Waals surface area contributed by atoms with Crippen LogP contribution < -0.4 is 30.8 Å². The van der Waals surface area contributed by atoms with E-state index in [-0.39, 0.29) is 36.7 Å². The number of alkyl carbamates (subject to hydrolysis) is 1. The first-order valence-electron chi connectivity index (χ1n) is 16.8. The number of halogens is 3. The van der Waals surface area contributed by atoms with Crippen molar-refractivity contribution < 1.29 is 32.5 Å². The second-order valence-corrected chi connectivity index (χ2v) is 14.2. The van der Waals surface area contributed by atoms with Crippen LogP contribution in [0.1, 0.15) is 62.6 Å². The lowest BCUT2D eigenvalue weighted by Crippen LogP contribution is -2.58. The molecule has 254 valence electrons. The number of anilines is 1. The van der Waals surface area contributed by atoms with Gasteiger partial charge in [0.05, 0.1) is 22.9 Å². The zero-order valence-electron chi connectivity index (χ0n) is 26.8. The van der Waals surface area contributed by atoms with Crippen LogP contribution in [0, 0.1) is 5.82 Å². The van der Waals surface area contributed by atoms with Gasteiger partial charge < -0.3 is 30.1 Å². The number of carbonyl (C=O) groups excluding carboxylic acids is 1. The van der Waals surface area contributed by atoms with Crippen LogP contribution in [0.5, 0.6) is 11.8 Å². The minimum Gasteiger partial charge on any atom is -0.508 e. The highest BCUT2D eigenvalue weighted by atomic mass is 19.1. The first kappa shape index (κ1) is 31.0. The van der Waals surface area contributed by atoms with Crippen LogP contribution in [-0.2, 0) is 11.2 Å². The van der Waals surface area contributed by atoms with Crippen molar-refractivity contribution in [3.63, 3.8) is 0 Å². The number of hydrogen-bond donors (Lipinski definition) is 3. The van der Waals surface area contributed by atoms with Gasteiger partial charge in [0, 0.05) is 32.3 Å². The monoisotopic (exact) mass is 664 g/mol. The molecule has 3 N–H and O–H groups in total. The molecule has 1 aromatic heterocycles. The second kappa shape index (κ2) is 11.7. The van der Waals surface area contributed by atoms with Crippen molar-refractivity contribution in [2.45, 2.75) is 75.2 Å². The molecule has 2 unspecified atom stereocenters. The number of benzene rings is 2. The second-order valence-electron chi connectivity index (χ2n) is 14.2. The highest BCUT2D eigenvalue weighted by Gasteiger charge is 2.49. The summed E-state index contributed by atoms with van der Waals surface area (Å²) in [5.74, 6) is -0.766. The number of aryl methyl sites for hydroxylation is 1. The zero-order chi connectivity index (χ0) is 33.2. The van der Waals surface area contributed by atoms with Gasteiger partial charge >= 0.3 is 12.1 Å². The predicted molar refractivity (Wildman–Crippen MR) is 173 cm³/mol. The summed E-state index contributed by atoms with van der Waals surface area (Å²) >= 11 is 0. The number of ether oxygens (including phenoxy) is 2. The van der Waals surface area contributed by atoms with Gasteiger partial charge in [0.2, 0.25) is 0 Å². The maximum atomic E-state index is 17.0. The SMILES string of the molecule is C[C@@]12CCCN(C1)c1nc(OCC34CCCN3C[C@H](F)C4)nc3c1=CNC(C=3F)c1cc(O)cc3ccc(F)c(c13)CCCOC(=O)N2. The van der Waals surface area contributed by atoms with Gasteiger partial charge in [0.15, 0.2) is 5.83 Å². The molecule has 1 amide bonds. The maximum absolute atomic E-state index is 17.0. The fourth-order valence-electron chi connectivity index (χ4n) is 8.53. The van der Waals surface area contributed by atoms with Crippen LogP contribution in [0.15, 0.2) is 24.3 Å². The quantitative estimate of drug-likeness (QED) is 0.387. The molecule has 3 fully saturated rings. The van der Waals surface area contributed by atoms with Crippen LogP contribution in [-0.4, -0.2) is 82.7 Å². The van der Waals surface area contributed by atoms with Crippen molar-refractivity contribution in [3.05, 3.63) is 51.8 Å². The average Bonchev–Trinajstić information content (AvgIpc) is 3.57. The van der Waals surface area contributed by atoms with Gasteiger partial charge in [0.1, 0.15) is 41.6 Å². The van der Waals surface area contributed by atoms with Crippen molar-refractivity contribution in [1.82, 2.24) is 25.5 Å². The lowest BCUT2D eigenvalue weighted by atomic mass is 9.90. The summed E-state index contributed by atoms with van der Waals surface area (Å²) in [5.41, 5.74) is -0.460. The first-order valence-corrected chi connectivity index (χ1v) is 16.8. The molecule has 6 bridgehead atoms. The van der Waals surface area contributed by atoms with E-state index in [2.05, 4.69) is 20.5 Å². The topological polar surface area (TPSA) is 112 Å². The molecular weight excluding hydrogens is 625 g/mol. The first-order chi connectivity index (χ1) is 23.1. The number of rotatable bonds is 3. The Morgan fingerprint density at radius 1 is 1.15 bits per heavy atom. The Bertz CT molecular complexity index is 1930. The summed E-state index contributed by atoms with van der Waals surface area (Å²) in [6.45, 7) is 4.29. The molecule has 4 atom stereocenters. The standard InChI is InChI=1S/C35H39F3N6O4/c1-34-8-3-10-43(18-34)31-25-16-39-29(28(38)30(25)40-32(41-31)48-19-35-9-4-11-44(35)17-21(36)15-35)24-14-22(45)13-20-6-7-26(37)23(27(20)24)5-2-12-47-33(46)42-34/h6-7,13-14,16,21,29,39,45H,2-5,8-12,15,17-19H2,1H3,(H,42,46)/t21-,29?,34-,35?/m1/s1. The van der Waals surface area contributed by atoms with Gasteiger partial charge in [-0.05, 0) is 92.1 Å². The third-order valence-electron chi connectivity index (χ3n) is 10.7. The number of carbonyl (C=O) groups is 1. The average molecular weight is 665 g/mol. The molecule has 0 aliphatic carbocycles. The molecule has 9 rings (SSSR count). The molecule has 6 aliphatic rings. The van der Waals surface area contributed by atoms with E-state index in [0.717, 1.165) is 25.8 Å². The molecular formula is C35H39F3N6O4. The van der Waals surface area contributed by atoms with Crippen LogP contribution in [0.25, 0.3) is 22.8 Å². The highest BCUT2D eigenvalue weighted by molar-refractivity contribution is 5.92. The van der Waals surface area contributed by atoms with E-state index >= 15 is 8.78 Å². The van der Waals surface area contributed by atoms with Gasteiger partial charge in [0.25, 0.3) is 0 Å². The Morgan fingerprint density at radius 2 is 2.00 bits per heavy atom. The predicted octanol–water partition coefficient (Wildman–Crippen LogP) is 3.62. The Hall–Kier alpha value is -4.26. The lowest BCUT2D eigenvalue weighted by molar-refractivity contribution is 0.107. The number of alkyl halides is 1. The van der Waals surface area contributed by atoms with Crippen molar-refractivity contribution in [1.29, 1.82) is 0 Å². The third kappa shape index (κ3) is 5.36. The van der Waals surface area contributed by atoms with E-state index in [0.29, 0.717) is 71.8 Å². The van der Waals surface area contributed by atoms with Crippen LogP contribution in [0.2, 0.25) is 0 Å². The van der Waals surface area contributed by atoms with Crippen molar-refractivity contribution in [2.24, 2.45) is 0 Å². The summed E-state index contributed by atoms with van der Waals surface area (Å²) in [7, 11) is 0. The normalized spacial score (nSPS) is 28.7. The molecule has 7 heterocycles. The number of piperidine rings is 1. The minimum atomic E-state index is -1.10. The Kier molecular flexibility index (Phi) is 7.57. The number of fused-ring (bicyclic) bond motifs is 7. The molecule has 0 spiro atoms. The molecule has 48 heavy (non-hydrogen) atoms. The number of nitrogens with one attached hydrogen (secondary N) is 2. The fourth-order valence-corrected chi connectivity index (χ4v) is 8.53. The van der Waals surface area contributed by atoms with Crippen LogP contribution >= 0.6 is 0 Å². The van der Waals surface area contributed by atoms with Gasteiger partial charge in [-0.3, -0.25) is 4.90 Å². The summed E-state index contributed by atoms with van der Waals surface area (Å²) in [6.07, 6.45) is 4.22. The Morgan fingerprint density at radius 3 is 2.88 bits per heavy atom. The van der Waals surface area contributed by atoms with Crippen molar-refractivity contribution in [3.8, 4) is 11.8 Å². The van der Waals surface area contributed by atoms with Crippen molar-refractivity contribution >= 4 is 34.7 Å². The van der Waals surface area contributed by atoms with E-state index in [1.54, 1.807) is 12.3 Å². The molecule has 0 radical (unpaired) electrons. The number of phenolic OH excluding ortho intramolecular Hbond substituents is 1. The lowest BCUT2D eigenvalue weighted by Gasteiger charge is -2.41. The molecule has 10 nitrogen and oxygen atoms in total. The van der Waals surface area contributed by atoms with Gasteiger partial charge in [-0.15, -0.1) is 0 Å². The van der Waals surface area contributed by atoms with Gasteiger partial charge in [-0.1, -0.05) is 6.07 Å². The van der Waals surface area contributed by atoms with E-state index in [1.165, 1.54) is 18.2 Å². The van der Waals surface area contributed by atoms with Crippen LogP contribution in [0.3, 0.4) is 0 Å². The number of amides is 1. The van der Waals surface area contributed by atoms with E-state index in [9.17, 15) is 14.3 Å². The van der Waals surface area contributed by atoms with Crippen LogP contribution in [0.4, 0.5) is 23.8 Å². The molecule has 2 aromatic carbocycles. The molecule has 3 saturated heterocycles. The largest absolute Gasteiger partial charge is 0.508 e. The fraction of sp³-hybridized carbons (Fsp3) is 0.514. The Balaban J connectivity index is 1.30. The van der Waals surface area contributed by atoms with Crippen molar-refractivity contribution in [2.75, 3.05) is 44.3 Å².